The zero-order chi connectivity index (χ0) is 18.0. The summed E-state index contributed by atoms with van der Waals surface area (Å²) in [5, 5.41) is 10.8. The molecule has 8 heteroatoms. The van der Waals surface area contributed by atoms with Crippen molar-refractivity contribution in [2.75, 3.05) is 27.0 Å². The highest BCUT2D eigenvalue weighted by Crippen LogP contribution is 2.37. The molecule has 0 fully saturated rings. The Hall–Kier alpha value is -2.19. The molecule has 0 bridgehead atoms. The summed E-state index contributed by atoms with van der Waals surface area (Å²) in [6.45, 7) is 1.92. The van der Waals surface area contributed by atoms with E-state index in [1.807, 2.05) is 12.3 Å². The third-order valence-electron chi connectivity index (χ3n) is 4.24. The molecule has 2 N–H and O–H groups in total. The highest BCUT2D eigenvalue weighted by Gasteiger charge is 2.22. The number of phenolic OH excluding ortho intramolecular Hbond substituents is 1. The number of rotatable bonds is 5. The molecule has 3 rings (SSSR count). The van der Waals surface area contributed by atoms with E-state index in [-0.39, 0.29) is 11.3 Å². The number of hydrogen-bond acceptors (Lipinski definition) is 7. The minimum atomic E-state index is -0.0748. The third-order valence-corrected chi connectivity index (χ3v) is 4.82. The van der Waals surface area contributed by atoms with Gasteiger partial charge in [0.15, 0.2) is 16.7 Å². The van der Waals surface area contributed by atoms with Crippen LogP contribution in [-0.4, -0.2) is 47.0 Å². The molecule has 0 saturated carbocycles. The zero-order valence-corrected chi connectivity index (χ0v) is 15.3. The number of benzene rings is 1. The van der Waals surface area contributed by atoms with Crippen molar-refractivity contribution in [2.45, 2.75) is 24.7 Å². The van der Waals surface area contributed by atoms with Gasteiger partial charge >= 0.3 is 0 Å². The Bertz CT molecular complexity index is 837. The average molecular weight is 363 g/mol. The lowest BCUT2D eigenvalue weighted by Crippen LogP contribution is -2.35. The number of aromatic hydroxyl groups is 1. The summed E-state index contributed by atoms with van der Waals surface area (Å²) >= 11 is 1.43. The van der Waals surface area contributed by atoms with E-state index in [4.69, 9.17) is 9.47 Å². The Morgan fingerprint density at radius 1 is 1.36 bits per heavy atom. The number of aromatic nitrogens is 2. The maximum Gasteiger partial charge on any atom is 0.256 e. The first-order chi connectivity index (χ1) is 12.0. The Morgan fingerprint density at radius 3 is 2.84 bits per heavy atom. The molecule has 1 aromatic carbocycles. The number of methoxy groups -OCH3 is 2. The lowest BCUT2D eigenvalue weighted by atomic mass is 10.1. The molecular weight excluding hydrogens is 342 g/mol. The second kappa shape index (κ2) is 7.37. The van der Waals surface area contributed by atoms with E-state index in [2.05, 4.69) is 14.9 Å². The quantitative estimate of drug-likeness (QED) is 0.618. The van der Waals surface area contributed by atoms with Crippen molar-refractivity contribution in [2.24, 2.45) is 0 Å². The number of nitrogens with zero attached hydrogens (tertiary/aromatic N) is 2. The van der Waals surface area contributed by atoms with E-state index >= 15 is 0 Å². The highest BCUT2D eigenvalue weighted by atomic mass is 32.2. The van der Waals surface area contributed by atoms with Gasteiger partial charge in [-0.2, -0.15) is 0 Å². The lowest BCUT2D eigenvalue weighted by Gasteiger charge is -2.28. The molecule has 7 nitrogen and oxygen atoms in total. The van der Waals surface area contributed by atoms with Crippen molar-refractivity contribution in [1.29, 1.82) is 0 Å². The van der Waals surface area contributed by atoms with Crippen LogP contribution in [0, 0.1) is 0 Å². The van der Waals surface area contributed by atoms with Gasteiger partial charge in [-0.15, -0.1) is 0 Å². The van der Waals surface area contributed by atoms with Gasteiger partial charge < -0.3 is 19.6 Å². The molecule has 134 valence electrons. The first kappa shape index (κ1) is 17.6. The van der Waals surface area contributed by atoms with Crippen molar-refractivity contribution >= 4 is 11.8 Å². The first-order valence-electron chi connectivity index (χ1n) is 7.88. The monoisotopic (exact) mass is 363 g/mol. The summed E-state index contributed by atoms with van der Waals surface area (Å²) < 4.78 is 10.4. The minimum Gasteiger partial charge on any atom is -0.504 e. The summed E-state index contributed by atoms with van der Waals surface area (Å²) in [6.07, 6.45) is 2.62. The fraction of sp³-hybridized carbons (Fsp3) is 0.412. The van der Waals surface area contributed by atoms with Crippen LogP contribution in [-0.2, 0) is 19.5 Å². The second-order valence-corrected chi connectivity index (χ2v) is 6.61. The molecule has 0 saturated heterocycles. The molecule has 2 heterocycles. The summed E-state index contributed by atoms with van der Waals surface area (Å²) in [4.78, 5) is 21.7. The smallest absolute Gasteiger partial charge is 0.256 e. The van der Waals surface area contributed by atoms with E-state index in [0.717, 1.165) is 24.2 Å². The summed E-state index contributed by atoms with van der Waals surface area (Å²) in [6, 6.07) is 3.50. The molecule has 1 aliphatic rings. The maximum atomic E-state index is 12.3. The van der Waals surface area contributed by atoms with Gasteiger partial charge in [0.2, 0.25) is 5.75 Å². The average Bonchev–Trinajstić information content (AvgIpc) is 2.61. The number of hydrogen-bond donors (Lipinski definition) is 2. The topological polar surface area (TPSA) is 87.7 Å². The van der Waals surface area contributed by atoms with Crippen LogP contribution in [0.3, 0.4) is 0 Å². The van der Waals surface area contributed by atoms with E-state index in [0.29, 0.717) is 35.3 Å². The summed E-state index contributed by atoms with van der Waals surface area (Å²) in [5.41, 5.74) is 2.41. The van der Waals surface area contributed by atoms with Gasteiger partial charge in [0.05, 0.1) is 25.5 Å². The van der Waals surface area contributed by atoms with Gasteiger partial charge in [-0.25, -0.2) is 4.98 Å². The Kier molecular flexibility index (Phi) is 5.19. The normalized spacial score (nSPS) is 14.2. The van der Waals surface area contributed by atoms with E-state index < -0.39 is 0 Å². The van der Waals surface area contributed by atoms with Gasteiger partial charge in [0.1, 0.15) is 0 Å². The number of H-pyrrole nitrogens is 1. The van der Waals surface area contributed by atoms with Crippen molar-refractivity contribution in [3.63, 3.8) is 0 Å². The number of thioether (sulfide) groups is 1. The molecular formula is C17H21N3O4S. The number of nitrogens with one attached hydrogen (secondary N) is 1. The van der Waals surface area contributed by atoms with Crippen LogP contribution in [0.1, 0.15) is 16.8 Å². The van der Waals surface area contributed by atoms with Crippen molar-refractivity contribution in [3.8, 4) is 17.2 Å². The van der Waals surface area contributed by atoms with Crippen LogP contribution in [0.4, 0.5) is 0 Å². The number of aromatic amines is 1. The van der Waals surface area contributed by atoms with Crippen molar-refractivity contribution in [1.82, 2.24) is 14.9 Å². The lowest BCUT2D eigenvalue weighted by molar-refractivity contribution is 0.240. The first-order valence-corrected chi connectivity index (χ1v) is 9.10. The van der Waals surface area contributed by atoms with Gasteiger partial charge in [-0.05, 0) is 24.0 Å². The predicted octanol–water partition coefficient (Wildman–Crippen LogP) is 1.77. The van der Waals surface area contributed by atoms with Gasteiger partial charge in [0.25, 0.3) is 5.56 Å². The van der Waals surface area contributed by atoms with Crippen LogP contribution in [0.15, 0.2) is 22.1 Å². The second-order valence-electron chi connectivity index (χ2n) is 5.81. The molecule has 1 aromatic heterocycles. The fourth-order valence-corrected chi connectivity index (χ4v) is 3.44. The SMILES string of the molecule is COc1cc(CN2CCc3nc(SC)[nH]c(=O)c3C2)cc(O)c1OC. The molecule has 2 aromatic rings. The van der Waals surface area contributed by atoms with E-state index in [1.165, 1.54) is 26.0 Å². The highest BCUT2D eigenvalue weighted by molar-refractivity contribution is 7.98. The molecule has 0 amide bonds. The molecule has 0 atom stereocenters. The molecule has 0 unspecified atom stereocenters. The van der Waals surface area contributed by atoms with Crippen LogP contribution < -0.4 is 15.0 Å². The Labute approximate surface area is 150 Å². The van der Waals surface area contributed by atoms with Crippen LogP contribution in [0.2, 0.25) is 0 Å². The van der Waals surface area contributed by atoms with E-state index in [1.54, 1.807) is 6.07 Å². The third kappa shape index (κ3) is 3.59. The standard InChI is InChI=1S/C17H21N3O4S/c1-23-14-7-10(6-13(21)15(14)24-2)8-20-5-4-12-11(9-20)16(22)19-17(18-12)25-3/h6-7,21H,4-5,8-9H2,1-3H3,(H,18,19,22). The van der Waals surface area contributed by atoms with Crippen LogP contribution >= 0.6 is 11.8 Å². The fourth-order valence-electron chi connectivity index (χ4n) is 3.04. The summed E-state index contributed by atoms with van der Waals surface area (Å²) in [5.74, 6) is 0.845. The van der Waals surface area contributed by atoms with Crippen molar-refractivity contribution in [3.05, 3.63) is 39.3 Å². The summed E-state index contributed by atoms with van der Waals surface area (Å²) in [7, 11) is 3.02. The molecule has 0 spiro atoms. The number of phenols is 1. The van der Waals surface area contributed by atoms with E-state index in [9.17, 15) is 9.90 Å². The Morgan fingerprint density at radius 2 is 2.16 bits per heavy atom. The molecule has 0 aliphatic carbocycles. The molecule has 25 heavy (non-hydrogen) atoms. The molecule has 1 aliphatic heterocycles. The number of fused-ring (bicyclic) bond motifs is 1. The van der Waals surface area contributed by atoms with Gasteiger partial charge in [-0.3, -0.25) is 9.69 Å². The van der Waals surface area contributed by atoms with Crippen LogP contribution in [0.5, 0.6) is 17.2 Å². The van der Waals surface area contributed by atoms with Gasteiger partial charge in [-0.1, -0.05) is 11.8 Å². The van der Waals surface area contributed by atoms with Crippen LogP contribution in [0.25, 0.3) is 0 Å². The van der Waals surface area contributed by atoms with Gasteiger partial charge in [0, 0.05) is 26.1 Å². The Balaban J connectivity index is 1.82. The minimum absolute atomic E-state index is 0.0402. The molecule has 0 radical (unpaired) electrons. The van der Waals surface area contributed by atoms with Crippen molar-refractivity contribution < 1.29 is 14.6 Å². The zero-order valence-electron chi connectivity index (χ0n) is 14.5. The predicted molar refractivity (Wildman–Crippen MR) is 95.7 cm³/mol. The number of ether oxygens (including phenoxy) is 2. The largest absolute Gasteiger partial charge is 0.504 e. The maximum absolute atomic E-state index is 12.3.